The van der Waals surface area contributed by atoms with Gasteiger partial charge >= 0.3 is 5.97 Å². The van der Waals surface area contributed by atoms with E-state index in [4.69, 9.17) is 9.84 Å². The molecule has 0 radical (unpaired) electrons. The Hall–Kier alpha value is -4.72. The van der Waals surface area contributed by atoms with Crippen LogP contribution in [0.15, 0.2) is 78.9 Å². The Labute approximate surface area is 244 Å². The number of para-hydroxylation sites is 1. The van der Waals surface area contributed by atoms with Crippen LogP contribution >= 0.6 is 0 Å². The van der Waals surface area contributed by atoms with E-state index >= 15 is 4.79 Å². The van der Waals surface area contributed by atoms with E-state index in [0.717, 1.165) is 54.1 Å². The molecular weight excluding hydrogens is 528 g/mol. The zero-order valence-electron chi connectivity index (χ0n) is 23.7. The Morgan fingerprint density at radius 2 is 1.69 bits per heavy atom. The number of amides is 2. The van der Waals surface area contributed by atoms with Gasteiger partial charge in [0.1, 0.15) is 11.2 Å². The van der Waals surface area contributed by atoms with E-state index in [0.29, 0.717) is 23.2 Å². The lowest BCUT2D eigenvalue weighted by Gasteiger charge is -2.54. The normalized spacial score (nSPS) is 21.1. The van der Waals surface area contributed by atoms with Gasteiger partial charge in [-0.25, -0.2) is 14.4 Å². The van der Waals surface area contributed by atoms with Crippen molar-refractivity contribution in [1.29, 1.82) is 0 Å². The van der Waals surface area contributed by atoms with Crippen LogP contribution in [0.4, 0.5) is 11.5 Å². The van der Waals surface area contributed by atoms with Crippen LogP contribution in [0.3, 0.4) is 0 Å². The maximum atomic E-state index is 15.0. The van der Waals surface area contributed by atoms with Crippen molar-refractivity contribution in [2.75, 3.05) is 23.0 Å². The predicted octanol–water partition coefficient (Wildman–Crippen LogP) is 5.40. The van der Waals surface area contributed by atoms with Gasteiger partial charge < -0.3 is 9.64 Å². The lowest BCUT2D eigenvalue weighted by atomic mass is 9.61. The number of imide groups is 1. The van der Waals surface area contributed by atoms with E-state index in [2.05, 4.69) is 17.0 Å². The van der Waals surface area contributed by atoms with Gasteiger partial charge in [0.05, 0.1) is 29.2 Å². The average Bonchev–Trinajstić information content (AvgIpc) is 3.37. The Kier molecular flexibility index (Phi) is 6.22. The summed E-state index contributed by atoms with van der Waals surface area (Å²) in [5.41, 5.74) is 4.05. The van der Waals surface area contributed by atoms with Crippen LogP contribution in [0.25, 0.3) is 5.69 Å². The molecule has 1 spiro atoms. The van der Waals surface area contributed by atoms with Crippen molar-refractivity contribution in [3.05, 3.63) is 107 Å². The second-order valence-electron chi connectivity index (χ2n) is 11.2. The predicted molar refractivity (Wildman–Crippen MR) is 159 cm³/mol. The minimum Gasteiger partial charge on any atom is -0.462 e. The smallest absolute Gasteiger partial charge is 0.338 e. The molecule has 3 aromatic carbocycles. The third kappa shape index (κ3) is 3.74. The molecule has 3 aliphatic heterocycles. The monoisotopic (exact) mass is 560 g/mol. The maximum absolute atomic E-state index is 15.0. The first-order valence-corrected chi connectivity index (χ1v) is 14.6. The number of hydrogen-bond donors (Lipinski definition) is 0. The Balaban J connectivity index is 1.41. The minimum absolute atomic E-state index is 0.152. The van der Waals surface area contributed by atoms with E-state index in [1.165, 1.54) is 4.90 Å². The summed E-state index contributed by atoms with van der Waals surface area (Å²) < 4.78 is 7.15. The zero-order valence-corrected chi connectivity index (χ0v) is 23.7. The molecule has 8 nitrogen and oxygen atoms in total. The Bertz CT molecular complexity index is 1710. The number of hydrogen-bond acceptors (Lipinski definition) is 6. The topological polar surface area (TPSA) is 84.7 Å². The van der Waals surface area contributed by atoms with Crippen molar-refractivity contribution in [3.8, 4) is 5.69 Å². The molecule has 2 amide bonds. The molecule has 212 valence electrons. The zero-order chi connectivity index (χ0) is 29.0. The highest BCUT2D eigenvalue weighted by Crippen LogP contribution is 2.52. The first-order valence-electron chi connectivity index (χ1n) is 14.6. The molecule has 0 unspecified atom stereocenters. The highest BCUT2D eigenvalue weighted by Gasteiger charge is 2.60. The summed E-state index contributed by atoms with van der Waals surface area (Å²) in [6.07, 6.45) is 3.28. The van der Waals surface area contributed by atoms with Crippen LogP contribution in [0.1, 0.15) is 63.7 Å². The fourth-order valence-corrected chi connectivity index (χ4v) is 7.17. The number of fused-ring (bicyclic) bond motifs is 6. The second kappa shape index (κ2) is 9.98. The molecule has 3 aliphatic rings. The summed E-state index contributed by atoms with van der Waals surface area (Å²) in [6, 6.07) is 24.1. The molecule has 1 fully saturated rings. The quantitative estimate of drug-likeness (QED) is 0.246. The number of rotatable bonds is 4. The van der Waals surface area contributed by atoms with Crippen molar-refractivity contribution in [2.45, 2.75) is 51.0 Å². The first-order chi connectivity index (χ1) is 20.5. The van der Waals surface area contributed by atoms with Gasteiger partial charge in [-0.3, -0.25) is 9.59 Å². The largest absolute Gasteiger partial charge is 0.462 e. The second-order valence-corrected chi connectivity index (χ2v) is 11.2. The summed E-state index contributed by atoms with van der Waals surface area (Å²) >= 11 is 0. The number of anilines is 2. The number of piperidine rings is 1. The number of aryl methyl sites for hydroxylation is 1. The van der Waals surface area contributed by atoms with Crippen LogP contribution in [0.5, 0.6) is 0 Å². The number of carbonyl (C=O) groups excluding carboxylic acids is 3. The van der Waals surface area contributed by atoms with Crippen LogP contribution < -0.4 is 9.80 Å². The van der Waals surface area contributed by atoms with Crippen molar-refractivity contribution < 1.29 is 19.1 Å². The SMILES string of the molecule is CCOC(=O)c1ccc(N2C(=O)c3ccccc3[C@]3(Cc4c(C)nn(-c5ccccc5)c4N4CCCC[C@H]43)C2=O)cc1. The van der Waals surface area contributed by atoms with E-state index in [1.807, 2.05) is 54.1 Å². The molecule has 4 aromatic rings. The lowest BCUT2D eigenvalue weighted by Crippen LogP contribution is -2.67. The molecule has 0 aliphatic carbocycles. The fraction of sp³-hybridized carbons (Fsp3) is 0.294. The lowest BCUT2D eigenvalue weighted by molar-refractivity contribution is -0.125. The highest BCUT2D eigenvalue weighted by molar-refractivity contribution is 6.28. The number of carbonyl (C=O) groups is 3. The third-order valence-electron chi connectivity index (χ3n) is 9.02. The standard InChI is InChI=1S/C34H32N4O4/c1-3-42-32(40)23-16-18-24(19-17-23)37-31(39)26-13-7-8-14-28(26)34(33(37)41)21-27-22(2)35-38(25-11-5-4-6-12-25)30(27)36-20-10-9-15-29(34)36/h4-8,11-14,16-19,29H,3,9-10,15,20-21H2,1-2H3/t29-,34-/m0/s1. The fourth-order valence-electron chi connectivity index (χ4n) is 7.17. The van der Waals surface area contributed by atoms with E-state index in [1.54, 1.807) is 31.2 Å². The molecule has 7 rings (SSSR count). The van der Waals surface area contributed by atoms with Crippen molar-refractivity contribution in [1.82, 2.24) is 9.78 Å². The average molecular weight is 561 g/mol. The minimum atomic E-state index is -0.979. The molecule has 1 saturated heterocycles. The molecular formula is C34H32N4O4. The third-order valence-corrected chi connectivity index (χ3v) is 9.02. The number of benzene rings is 3. The van der Waals surface area contributed by atoms with Gasteiger partial charge in [-0.15, -0.1) is 0 Å². The Morgan fingerprint density at radius 1 is 0.952 bits per heavy atom. The van der Waals surface area contributed by atoms with Crippen molar-refractivity contribution >= 4 is 29.3 Å². The van der Waals surface area contributed by atoms with Gasteiger partial charge in [0.15, 0.2) is 0 Å². The molecule has 4 heterocycles. The van der Waals surface area contributed by atoms with E-state index < -0.39 is 11.4 Å². The van der Waals surface area contributed by atoms with Crippen molar-refractivity contribution in [2.24, 2.45) is 0 Å². The summed E-state index contributed by atoms with van der Waals surface area (Å²) in [4.78, 5) is 45.0. The molecule has 1 aromatic heterocycles. The molecule has 2 atom stereocenters. The molecule has 42 heavy (non-hydrogen) atoms. The number of aromatic nitrogens is 2. The summed E-state index contributed by atoms with van der Waals surface area (Å²) in [6.45, 7) is 4.83. The highest BCUT2D eigenvalue weighted by atomic mass is 16.5. The number of nitrogens with zero attached hydrogens (tertiary/aromatic N) is 4. The van der Waals surface area contributed by atoms with E-state index in [9.17, 15) is 9.59 Å². The van der Waals surface area contributed by atoms with E-state index in [-0.39, 0.29) is 24.5 Å². The van der Waals surface area contributed by atoms with Gasteiger partial charge in [-0.2, -0.15) is 5.10 Å². The van der Waals surface area contributed by atoms with Crippen LogP contribution in [0, 0.1) is 6.92 Å². The summed E-state index contributed by atoms with van der Waals surface area (Å²) in [7, 11) is 0. The van der Waals surface area contributed by atoms with Crippen LogP contribution in [-0.4, -0.2) is 46.8 Å². The van der Waals surface area contributed by atoms with Gasteiger partial charge in [-0.05, 0) is 87.6 Å². The molecule has 0 saturated carbocycles. The van der Waals surface area contributed by atoms with Crippen LogP contribution in [0.2, 0.25) is 0 Å². The molecule has 8 heteroatoms. The van der Waals surface area contributed by atoms with Gasteiger partial charge in [-0.1, -0.05) is 36.4 Å². The summed E-state index contributed by atoms with van der Waals surface area (Å²) in [5, 5.41) is 4.99. The maximum Gasteiger partial charge on any atom is 0.338 e. The van der Waals surface area contributed by atoms with Crippen LogP contribution in [-0.2, 0) is 21.4 Å². The van der Waals surface area contributed by atoms with Gasteiger partial charge in [0.2, 0.25) is 5.91 Å². The Morgan fingerprint density at radius 3 is 2.45 bits per heavy atom. The first kappa shape index (κ1) is 26.2. The van der Waals surface area contributed by atoms with Crippen molar-refractivity contribution in [3.63, 3.8) is 0 Å². The molecule has 0 bridgehead atoms. The summed E-state index contributed by atoms with van der Waals surface area (Å²) in [5.74, 6) is 0.0201. The number of ether oxygens (including phenoxy) is 1. The number of esters is 1. The van der Waals surface area contributed by atoms with Gasteiger partial charge in [0.25, 0.3) is 5.91 Å². The molecule has 0 N–H and O–H groups in total. The van der Waals surface area contributed by atoms with Gasteiger partial charge in [0, 0.05) is 23.7 Å².